The lowest BCUT2D eigenvalue weighted by molar-refractivity contribution is -0.155. The third kappa shape index (κ3) is 2.74. The summed E-state index contributed by atoms with van der Waals surface area (Å²) >= 11 is 0. The van der Waals surface area contributed by atoms with Gasteiger partial charge in [-0.25, -0.2) is 4.79 Å². The molecule has 0 aliphatic carbocycles. The van der Waals surface area contributed by atoms with Crippen molar-refractivity contribution in [3.05, 3.63) is 71.3 Å². The highest BCUT2D eigenvalue weighted by Crippen LogP contribution is 2.43. The zero-order valence-corrected chi connectivity index (χ0v) is 15.0. The van der Waals surface area contributed by atoms with Crippen LogP contribution in [-0.2, 0) is 10.4 Å². The molecular formula is C22H25NO3. The van der Waals surface area contributed by atoms with E-state index < -0.39 is 11.6 Å². The Morgan fingerprint density at radius 1 is 1.00 bits per heavy atom. The Hall–Kier alpha value is -2.17. The predicted octanol–water partition coefficient (Wildman–Crippen LogP) is 3.35. The van der Waals surface area contributed by atoms with Crippen LogP contribution in [0.3, 0.4) is 0 Å². The smallest absolute Gasteiger partial charge is 0.345 e. The highest BCUT2D eigenvalue weighted by molar-refractivity contribution is 5.83. The molecule has 4 heteroatoms. The van der Waals surface area contributed by atoms with E-state index in [0.29, 0.717) is 29.1 Å². The summed E-state index contributed by atoms with van der Waals surface area (Å²) in [4.78, 5) is 14.5. The molecule has 4 rings (SSSR count). The topological polar surface area (TPSA) is 60.8 Å². The van der Waals surface area contributed by atoms with E-state index in [4.69, 9.17) is 0 Å². The molecule has 2 aromatic carbocycles. The summed E-state index contributed by atoms with van der Waals surface area (Å²) in [6.45, 7) is 0. The van der Waals surface area contributed by atoms with Gasteiger partial charge in [0.25, 0.3) is 0 Å². The van der Waals surface area contributed by atoms with E-state index in [9.17, 15) is 15.0 Å². The summed E-state index contributed by atoms with van der Waals surface area (Å²) in [5.41, 5.74) is -0.0713. The van der Waals surface area contributed by atoms with E-state index in [1.807, 2.05) is 18.2 Å². The molecule has 3 atom stereocenters. The third-order valence-corrected chi connectivity index (χ3v) is 6.38. The molecule has 2 N–H and O–H groups in total. The maximum Gasteiger partial charge on any atom is 0.345 e. The first kappa shape index (κ1) is 17.3. The largest absolute Gasteiger partial charge is 0.479 e. The molecule has 2 fully saturated rings. The minimum absolute atomic E-state index is 0.382. The van der Waals surface area contributed by atoms with Crippen molar-refractivity contribution in [3.8, 4) is 0 Å². The molecule has 0 spiro atoms. The van der Waals surface area contributed by atoms with Gasteiger partial charge in [0.05, 0.1) is 0 Å². The van der Waals surface area contributed by atoms with Gasteiger partial charge in [0.1, 0.15) is 0 Å². The summed E-state index contributed by atoms with van der Waals surface area (Å²) in [5, 5.41) is 20.9. The molecule has 2 aliphatic heterocycles. The predicted molar refractivity (Wildman–Crippen MR) is 100 cm³/mol. The molecule has 0 saturated carbocycles. The fourth-order valence-electron chi connectivity index (χ4n) is 4.79. The Kier molecular flexibility index (Phi) is 4.33. The van der Waals surface area contributed by atoms with Crippen molar-refractivity contribution in [2.45, 2.75) is 49.3 Å². The third-order valence-electron chi connectivity index (χ3n) is 6.38. The van der Waals surface area contributed by atoms with Crippen LogP contribution < -0.4 is 0 Å². The zero-order chi connectivity index (χ0) is 18.3. The summed E-state index contributed by atoms with van der Waals surface area (Å²) in [6, 6.07) is 17.5. The lowest BCUT2D eigenvalue weighted by Crippen LogP contribution is -2.39. The second-order valence-corrected chi connectivity index (χ2v) is 7.73. The molecule has 4 nitrogen and oxygen atoms in total. The van der Waals surface area contributed by atoms with E-state index in [1.165, 1.54) is 12.8 Å². The number of carbonyl (C=O) groups is 1. The number of hydrogen-bond donors (Lipinski definition) is 2. The molecule has 0 unspecified atom stereocenters. The Morgan fingerprint density at radius 3 is 2.23 bits per heavy atom. The first-order valence-electron chi connectivity index (χ1n) is 9.34. The number of aliphatic hydroxyl groups is 1. The van der Waals surface area contributed by atoms with Gasteiger partial charge in [-0.05, 0) is 55.3 Å². The van der Waals surface area contributed by atoms with Gasteiger partial charge >= 0.3 is 5.97 Å². The minimum atomic E-state index is -2.03. The average Bonchev–Trinajstić information content (AvgIpc) is 2.87. The molecule has 2 heterocycles. The highest BCUT2D eigenvalue weighted by Gasteiger charge is 2.42. The van der Waals surface area contributed by atoms with Gasteiger partial charge in [-0.3, -0.25) is 0 Å². The molecule has 2 aromatic rings. The Bertz CT molecular complexity index is 792. The number of benzene rings is 2. The normalized spacial score (nSPS) is 27.8. The molecule has 136 valence electrons. The van der Waals surface area contributed by atoms with E-state index in [1.54, 1.807) is 30.3 Å². The van der Waals surface area contributed by atoms with Gasteiger partial charge in [-0.2, -0.15) is 0 Å². The van der Waals surface area contributed by atoms with E-state index in [2.05, 4.69) is 18.0 Å². The molecule has 2 saturated heterocycles. The monoisotopic (exact) mass is 351 g/mol. The van der Waals surface area contributed by atoms with Crippen molar-refractivity contribution >= 4 is 5.97 Å². The number of rotatable bonds is 4. The first-order valence-corrected chi connectivity index (χ1v) is 9.34. The summed E-state index contributed by atoms with van der Waals surface area (Å²) in [6.07, 6.45) is 4.71. The molecular weight excluding hydrogens is 326 g/mol. The maximum absolute atomic E-state index is 12.0. The van der Waals surface area contributed by atoms with Crippen LogP contribution in [0.2, 0.25) is 0 Å². The fraction of sp³-hybridized carbons (Fsp3) is 0.409. The average molecular weight is 351 g/mol. The van der Waals surface area contributed by atoms with Gasteiger partial charge in [-0.15, -0.1) is 0 Å². The first-order chi connectivity index (χ1) is 12.5. The van der Waals surface area contributed by atoms with Crippen LogP contribution in [0.25, 0.3) is 0 Å². The second kappa shape index (κ2) is 6.53. The number of fused-ring (bicyclic) bond motifs is 2. The summed E-state index contributed by atoms with van der Waals surface area (Å²) < 4.78 is 0. The second-order valence-electron chi connectivity index (χ2n) is 7.73. The molecule has 2 bridgehead atoms. The van der Waals surface area contributed by atoms with Crippen molar-refractivity contribution < 1.29 is 15.0 Å². The maximum atomic E-state index is 12.0. The number of carboxylic acids is 1. The lowest BCUT2D eigenvalue weighted by Gasteiger charge is -2.37. The molecule has 0 radical (unpaired) electrons. The fourth-order valence-corrected chi connectivity index (χ4v) is 4.79. The number of nitrogens with zero attached hydrogens (tertiary/aromatic N) is 1. The Labute approximate surface area is 154 Å². The molecule has 0 aromatic heterocycles. The van der Waals surface area contributed by atoms with E-state index in [0.717, 1.165) is 18.4 Å². The molecule has 26 heavy (non-hydrogen) atoms. The molecule has 2 aliphatic rings. The van der Waals surface area contributed by atoms with Crippen LogP contribution in [0.15, 0.2) is 54.6 Å². The van der Waals surface area contributed by atoms with Crippen LogP contribution in [0.1, 0.15) is 48.3 Å². The van der Waals surface area contributed by atoms with Crippen molar-refractivity contribution in [1.82, 2.24) is 4.90 Å². The number of hydrogen-bond acceptors (Lipinski definition) is 3. The number of aliphatic carboxylic acids is 1. The summed E-state index contributed by atoms with van der Waals surface area (Å²) in [5.74, 6) is -0.818. The van der Waals surface area contributed by atoms with Gasteiger partial charge in [0.15, 0.2) is 0 Å². The van der Waals surface area contributed by atoms with Crippen LogP contribution in [0.5, 0.6) is 0 Å². The SMILES string of the molecule is CN1[C@H]2CC[C@H]1CC(c1cccc([C@@](O)(C(=O)O)c3ccccc3)c1)C2. The van der Waals surface area contributed by atoms with Crippen molar-refractivity contribution in [2.24, 2.45) is 0 Å². The van der Waals surface area contributed by atoms with Crippen molar-refractivity contribution in [3.63, 3.8) is 0 Å². The standard InChI is InChI=1S/C22H25NO3/c1-23-19-10-11-20(23)14-16(13-19)15-6-5-9-18(12-15)22(26,21(24)25)17-7-3-2-4-8-17/h2-9,12,16,19-20,26H,10-11,13-14H2,1H3,(H,24,25)/t19-,20-,22+/m0/s1. The lowest BCUT2D eigenvalue weighted by atomic mass is 9.81. The highest BCUT2D eigenvalue weighted by atomic mass is 16.4. The summed E-state index contributed by atoms with van der Waals surface area (Å²) in [7, 11) is 2.22. The quantitative estimate of drug-likeness (QED) is 0.887. The van der Waals surface area contributed by atoms with Crippen molar-refractivity contribution in [1.29, 1.82) is 0 Å². The zero-order valence-electron chi connectivity index (χ0n) is 15.0. The van der Waals surface area contributed by atoms with Gasteiger partial charge < -0.3 is 15.1 Å². The van der Waals surface area contributed by atoms with Crippen LogP contribution in [-0.4, -0.2) is 40.2 Å². The van der Waals surface area contributed by atoms with Gasteiger partial charge in [0, 0.05) is 12.1 Å². The minimum Gasteiger partial charge on any atom is -0.479 e. The molecule has 0 amide bonds. The van der Waals surface area contributed by atoms with E-state index >= 15 is 0 Å². The van der Waals surface area contributed by atoms with Gasteiger partial charge in [0.2, 0.25) is 5.60 Å². The van der Waals surface area contributed by atoms with Crippen LogP contribution >= 0.6 is 0 Å². The van der Waals surface area contributed by atoms with Crippen LogP contribution in [0.4, 0.5) is 0 Å². The Balaban J connectivity index is 1.70. The van der Waals surface area contributed by atoms with Crippen LogP contribution in [0, 0.1) is 0 Å². The number of piperidine rings is 1. The van der Waals surface area contributed by atoms with Gasteiger partial charge in [-0.1, -0.05) is 54.6 Å². The van der Waals surface area contributed by atoms with E-state index in [-0.39, 0.29) is 0 Å². The Morgan fingerprint density at radius 2 is 1.62 bits per heavy atom. The van der Waals surface area contributed by atoms with Crippen molar-refractivity contribution in [2.75, 3.05) is 7.05 Å². The number of carboxylic acid groups (broad SMARTS) is 1.